The van der Waals surface area contributed by atoms with Crippen molar-refractivity contribution in [3.63, 3.8) is 0 Å². The Labute approximate surface area is 150 Å². The fourth-order valence-electron chi connectivity index (χ4n) is 3.05. The number of pyridine rings is 1. The summed E-state index contributed by atoms with van der Waals surface area (Å²) in [5.74, 6) is 0.890. The highest BCUT2D eigenvalue weighted by atomic mass is 16.5. The molecule has 0 spiro atoms. The number of benzene rings is 1. The van der Waals surface area contributed by atoms with Gasteiger partial charge < -0.3 is 9.47 Å². The first-order valence-electron chi connectivity index (χ1n) is 8.88. The molecule has 4 heteroatoms. The Bertz CT molecular complexity index is 655. The molecule has 25 heavy (non-hydrogen) atoms. The molecule has 1 saturated heterocycles. The van der Waals surface area contributed by atoms with Crippen molar-refractivity contribution in [2.24, 2.45) is 0 Å². The molecule has 3 rings (SSSR count). The minimum atomic E-state index is 0.296. The highest BCUT2D eigenvalue weighted by molar-refractivity contribution is 5.50. The van der Waals surface area contributed by atoms with Gasteiger partial charge in [0.2, 0.25) is 0 Å². The summed E-state index contributed by atoms with van der Waals surface area (Å²) in [5, 5.41) is 0. The zero-order valence-corrected chi connectivity index (χ0v) is 14.8. The van der Waals surface area contributed by atoms with Crippen molar-refractivity contribution in [2.45, 2.75) is 25.6 Å². The van der Waals surface area contributed by atoms with Gasteiger partial charge in [-0.25, -0.2) is 0 Å². The maximum absolute atomic E-state index is 6.05. The number of likely N-dealkylation sites (tertiary alicyclic amines) is 1. The molecule has 2 aromatic rings. The second kappa shape index (κ2) is 9.35. The van der Waals surface area contributed by atoms with Gasteiger partial charge in [0.1, 0.15) is 5.75 Å². The highest BCUT2D eigenvalue weighted by Crippen LogP contribution is 2.16. The third-order valence-corrected chi connectivity index (χ3v) is 4.45. The van der Waals surface area contributed by atoms with E-state index in [1.54, 1.807) is 7.11 Å². The van der Waals surface area contributed by atoms with E-state index >= 15 is 0 Å². The van der Waals surface area contributed by atoms with Crippen LogP contribution in [0.2, 0.25) is 0 Å². The van der Waals surface area contributed by atoms with E-state index in [-0.39, 0.29) is 0 Å². The molecule has 1 atom stereocenters. The van der Waals surface area contributed by atoms with Gasteiger partial charge in [-0.05, 0) is 49.2 Å². The lowest BCUT2D eigenvalue weighted by molar-refractivity contribution is -0.00834. The van der Waals surface area contributed by atoms with Crippen molar-refractivity contribution in [3.05, 3.63) is 66.0 Å². The van der Waals surface area contributed by atoms with Gasteiger partial charge in [-0.15, -0.1) is 0 Å². The predicted octanol–water partition coefficient (Wildman–Crippen LogP) is 3.78. The van der Waals surface area contributed by atoms with Crippen LogP contribution in [0.1, 0.15) is 24.1 Å². The van der Waals surface area contributed by atoms with Crippen LogP contribution in [0.4, 0.5) is 0 Å². The monoisotopic (exact) mass is 338 g/mol. The molecule has 0 amide bonds. The Kier molecular flexibility index (Phi) is 6.60. The van der Waals surface area contributed by atoms with Gasteiger partial charge in [0.15, 0.2) is 0 Å². The van der Waals surface area contributed by atoms with Crippen LogP contribution in [0.5, 0.6) is 5.75 Å². The molecular formula is C21H26N2O2. The molecule has 132 valence electrons. The molecule has 0 bridgehead atoms. The van der Waals surface area contributed by atoms with E-state index < -0.39 is 0 Å². The lowest BCUT2D eigenvalue weighted by Gasteiger charge is -2.31. The van der Waals surface area contributed by atoms with E-state index in [1.165, 1.54) is 12.0 Å². The Balaban J connectivity index is 1.43. The van der Waals surface area contributed by atoms with Gasteiger partial charge in [-0.3, -0.25) is 9.88 Å². The Morgan fingerprint density at radius 3 is 2.84 bits per heavy atom. The van der Waals surface area contributed by atoms with E-state index in [0.717, 1.165) is 37.5 Å². The lowest BCUT2D eigenvalue weighted by Crippen LogP contribution is -2.39. The van der Waals surface area contributed by atoms with Crippen LogP contribution in [-0.4, -0.2) is 42.7 Å². The number of ether oxygens (including phenoxy) is 2. The zero-order valence-electron chi connectivity index (χ0n) is 14.8. The first-order valence-corrected chi connectivity index (χ1v) is 8.88. The number of piperidine rings is 1. The summed E-state index contributed by atoms with van der Waals surface area (Å²) in [6.45, 7) is 3.67. The summed E-state index contributed by atoms with van der Waals surface area (Å²) in [4.78, 5) is 6.77. The Morgan fingerprint density at radius 2 is 2.08 bits per heavy atom. The van der Waals surface area contributed by atoms with Crippen LogP contribution in [-0.2, 0) is 11.3 Å². The number of hydrogen-bond donors (Lipinski definition) is 0. The molecule has 0 radical (unpaired) electrons. The minimum Gasteiger partial charge on any atom is -0.497 e. The molecule has 1 aliphatic rings. The second-order valence-electron chi connectivity index (χ2n) is 6.33. The molecule has 1 fully saturated rings. The number of nitrogens with zero attached hydrogens (tertiary/aromatic N) is 2. The lowest BCUT2D eigenvalue weighted by atomic mass is 10.1. The van der Waals surface area contributed by atoms with Crippen LogP contribution in [0.25, 0.3) is 6.08 Å². The van der Waals surface area contributed by atoms with Gasteiger partial charge in [-0.2, -0.15) is 0 Å². The largest absolute Gasteiger partial charge is 0.497 e. The Morgan fingerprint density at radius 1 is 1.20 bits per heavy atom. The minimum absolute atomic E-state index is 0.296. The summed E-state index contributed by atoms with van der Waals surface area (Å²) >= 11 is 0. The maximum Gasteiger partial charge on any atom is 0.118 e. The van der Waals surface area contributed by atoms with E-state index in [9.17, 15) is 0 Å². The third kappa shape index (κ3) is 5.69. The molecule has 1 aromatic heterocycles. The summed E-state index contributed by atoms with van der Waals surface area (Å²) in [5.41, 5.74) is 2.19. The van der Waals surface area contributed by atoms with E-state index in [2.05, 4.69) is 34.2 Å². The van der Waals surface area contributed by atoms with Gasteiger partial charge in [0.25, 0.3) is 0 Å². The van der Waals surface area contributed by atoms with Crippen LogP contribution >= 0.6 is 0 Å². The SMILES string of the molecule is COc1ccc(/C=C/CN2CCC[C@@H](OCc3ccccn3)C2)cc1. The number of aromatic nitrogens is 1. The van der Waals surface area contributed by atoms with Crippen LogP contribution in [0.15, 0.2) is 54.7 Å². The molecule has 0 aliphatic carbocycles. The maximum atomic E-state index is 6.05. The molecule has 2 heterocycles. The van der Waals surface area contributed by atoms with E-state index in [1.807, 2.05) is 36.5 Å². The first-order chi connectivity index (χ1) is 12.3. The predicted molar refractivity (Wildman–Crippen MR) is 101 cm³/mol. The molecule has 4 nitrogen and oxygen atoms in total. The van der Waals surface area contributed by atoms with E-state index in [4.69, 9.17) is 9.47 Å². The van der Waals surface area contributed by atoms with Crippen LogP contribution < -0.4 is 4.74 Å². The van der Waals surface area contributed by atoms with E-state index in [0.29, 0.717) is 12.7 Å². The normalized spacial score (nSPS) is 18.5. The average molecular weight is 338 g/mol. The van der Waals surface area contributed by atoms with Gasteiger partial charge in [0.05, 0.1) is 25.5 Å². The summed E-state index contributed by atoms with van der Waals surface area (Å²) in [6.07, 6.45) is 8.82. The summed E-state index contributed by atoms with van der Waals surface area (Å²) < 4.78 is 11.2. The number of rotatable bonds is 7. The van der Waals surface area contributed by atoms with Crippen molar-refractivity contribution in [2.75, 3.05) is 26.7 Å². The highest BCUT2D eigenvalue weighted by Gasteiger charge is 2.19. The van der Waals surface area contributed by atoms with Crippen molar-refractivity contribution < 1.29 is 9.47 Å². The summed E-state index contributed by atoms with van der Waals surface area (Å²) in [6, 6.07) is 14.1. The second-order valence-corrected chi connectivity index (χ2v) is 6.33. The topological polar surface area (TPSA) is 34.6 Å². The molecule has 1 aromatic carbocycles. The fourth-order valence-corrected chi connectivity index (χ4v) is 3.05. The molecule has 0 saturated carbocycles. The van der Waals surface area contributed by atoms with Crippen molar-refractivity contribution in [1.29, 1.82) is 0 Å². The Hall–Kier alpha value is -2.17. The number of methoxy groups -OCH3 is 1. The average Bonchev–Trinajstić information content (AvgIpc) is 2.68. The van der Waals surface area contributed by atoms with Gasteiger partial charge >= 0.3 is 0 Å². The number of hydrogen-bond acceptors (Lipinski definition) is 4. The molecule has 0 unspecified atom stereocenters. The smallest absolute Gasteiger partial charge is 0.118 e. The van der Waals surface area contributed by atoms with Crippen LogP contribution in [0.3, 0.4) is 0 Å². The van der Waals surface area contributed by atoms with Gasteiger partial charge in [0, 0.05) is 19.3 Å². The van der Waals surface area contributed by atoms with Crippen molar-refractivity contribution >= 4 is 6.08 Å². The molecular weight excluding hydrogens is 312 g/mol. The van der Waals surface area contributed by atoms with Crippen molar-refractivity contribution in [1.82, 2.24) is 9.88 Å². The first kappa shape index (κ1) is 17.6. The van der Waals surface area contributed by atoms with Gasteiger partial charge in [-0.1, -0.05) is 30.4 Å². The standard InChI is InChI=1S/C21H26N2O2/c1-24-20-11-9-18(10-12-20)6-4-14-23-15-5-8-21(16-23)25-17-19-7-2-3-13-22-19/h2-4,6-7,9-13,21H,5,8,14-17H2,1H3/b6-4+/t21-/m1/s1. The summed E-state index contributed by atoms with van der Waals surface area (Å²) in [7, 11) is 1.69. The zero-order chi connectivity index (χ0) is 17.3. The quantitative estimate of drug-likeness (QED) is 0.769. The fraction of sp³-hybridized carbons (Fsp3) is 0.381. The molecule has 1 aliphatic heterocycles. The van der Waals surface area contributed by atoms with Crippen LogP contribution in [0, 0.1) is 0 Å². The molecule has 0 N–H and O–H groups in total. The van der Waals surface area contributed by atoms with Crippen molar-refractivity contribution in [3.8, 4) is 5.75 Å². The third-order valence-electron chi connectivity index (χ3n) is 4.45.